The van der Waals surface area contributed by atoms with Gasteiger partial charge < -0.3 is 0 Å². The van der Waals surface area contributed by atoms with E-state index in [0.29, 0.717) is 0 Å². The molecule has 1 aromatic carbocycles. The molecule has 1 aliphatic rings. The first kappa shape index (κ1) is 23.7. The van der Waals surface area contributed by atoms with Crippen molar-refractivity contribution < 1.29 is 0 Å². The lowest BCUT2D eigenvalue weighted by atomic mass is 9.61. The van der Waals surface area contributed by atoms with E-state index in [9.17, 15) is 0 Å². The molecule has 2 rings (SSSR count). The quantitative estimate of drug-likeness (QED) is 0.467. The second kappa shape index (κ2) is 8.80. The minimum absolute atomic E-state index is 0.0235. The Bertz CT molecular complexity index is 678. The van der Waals surface area contributed by atoms with Gasteiger partial charge in [0.25, 0.3) is 0 Å². The smallest absolute Gasteiger partial charge is 0.00812 e. The molecule has 0 nitrogen and oxygen atoms in total. The standard InChI is InChI=1S/C23H34.C4H10/c1-16(2)10-11-21(4,5)18-15-20-19(14-17(18)3)22(6,7)12-13-23(20,8)9;1-3-4-2/h10-11,14-15H,1,12-13H2,2-9H3;3-4H2,1-2H3/b11-10+;. The van der Waals surface area contributed by atoms with Gasteiger partial charge in [-0.3, -0.25) is 0 Å². The largest absolute Gasteiger partial charge is 0.0961 e. The van der Waals surface area contributed by atoms with Crippen LogP contribution in [-0.2, 0) is 16.2 Å². The molecule has 0 spiro atoms. The molecule has 0 saturated heterocycles. The number of hydrogen-bond donors (Lipinski definition) is 0. The van der Waals surface area contributed by atoms with Crippen molar-refractivity contribution in [2.24, 2.45) is 0 Å². The van der Waals surface area contributed by atoms with Crippen LogP contribution in [0.1, 0.15) is 110 Å². The fourth-order valence-corrected chi connectivity index (χ4v) is 3.86. The molecule has 0 fully saturated rings. The van der Waals surface area contributed by atoms with E-state index in [4.69, 9.17) is 0 Å². The maximum absolute atomic E-state index is 4.00. The average molecular weight is 369 g/mol. The van der Waals surface area contributed by atoms with E-state index in [1.165, 1.54) is 36.8 Å². The number of aryl methyl sites for hydroxylation is 1. The van der Waals surface area contributed by atoms with Crippen molar-refractivity contribution in [2.75, 3.05) is 0 Å². The molecular weight excluding hydrogens is 324 g/mol. The zero-order chi connectivity index (χ0) is 21.0. The molecule has 0 N–H and O–H groups in total. The first-order valence-electron chi connectivity index (χ1n) is 10.8. The summed E-state index contributed by atoms with van der Waals surface area (Å²) in [6.45, 7) is 26.9. The van der Waals surface area contributed by atoms with Crippen molar-refractivity contribution in [1.29, 1.82) is 0 Å². The topological polar surface area (TPSA) is 0 Å². The van der Waals surface area contributed by atoms with Crippen LogP contribution in [0.4, 0.5) is 0 Å². The molecule has 0 heterocycles. The summed E-state index contributed by atoms with van der Waals surface area (Å²) in [7, 11) is 0. The lowest BCUT2D eigenvalue weighted by Crippen LogP contribution is -2.34. The number of fused-ring (bicyclic) bond motifs is 1. The van der Waals surface area contributed by atoms with Crippen LogP contribution >= 0.6 is 0 Å². The predicted molar refractivity (Wildman–Crippen MR) is 124 cm³/mol. The summed E-state index contributed by atoms with van der Waals surface area (Å²) in [4.78, 5) is 0. The molecule has 1 aliphatic carbocycles. The summed E-state index contributed by atoms with van der Waals surface area (Å²) in [5.41, 5.74) is 7.63. The molecule has 0 bridgehead atoms. The molecule has 0 unspecified atom stereocenters. The summed E-state index contributed by atoms with van der Waals surface area (Å²) in [5.74, 6) is 0. The van der Waals surface area contributed by atoms with E-state index >= 15 is 0 Å². The monoisotopic (exact) mass is 368 g/mol. The lowest BCUT2D eigenvalue weighted by molar-refractivity contribution is 0.331. The molecule has 0 atom stereocenters. The van der Waals surface area contributed by atoms with Crippen LogP contribution in [0.25, 0.3) is 0 Å². The molecule has 0 aliphatic heterocycles. The SMILES string of the molecule is C=C(C)/C=C/C(C)(C)c1cc2c(cc1C)C(C)(C)CCC2(C)C.CCCC. The minimum Gasteiger partial charge on any atom is -0.0961 e. The van der Waals surface area contributed by atoms with Crippen molar-refractivity contribution >= 4 is 0 Å². The van der Waals surface area contributed by atoms with E-state index in [1.807, 2.05) is 0 Å². The van der Waals surface area contributed by atoms with E-state index in [-0.39, 0.29) is 16.2 Å². The van der Waals surface area contributed by atoms with Crippen LogP contribution in [0.15, 0.2) is 36.4 Å². The number of rotatable bonds is 4. The van der Waals surface area contributed by atoms with Crippen LogP contribution < -0.4 is 0 Å². The van der Waals surface area contributed by atoms with Gasteiger partial charge in [0.05, 0.1) is 0 Å². The van der Waals surface area contributed by atoms with Crippen molar-refractivity contribution in [1.82, 2.24) is 0 Å². The molecule has 0 saturated carbocycles. The Morgan fingerprint density at radius 1 is 1.00 bits per heavy atom. The molecule has 0 amide bonds. The molecule has 0 radical (unpaired) electrons. The number of benzene rings is 1. The molecule has 0 aromatic heterocycles. The van der Waals surface area contributed by atoms with Crippen LogP contribution in [0, 0.1) is 6.92 Å². The van der Waals surface area contributed by atoms with Crippen molar-refractivity contribution in [3.8, 4) is 0 Å². The summed E-state index contributed by atoms with van der Waals surface area (Å²) < 4.78 is 0. The fraction of sp³-hybridized carbons (Fsp3) is 0.630. The Kier molecular flexibility index (Phi) is 7.74. The highest BCUT2D eigenvalue weighted by Crippen LogP contribution is 2.47. The van der Waals surface area contributed by atoms with Gasteiger partial charge in [0.1, 0.15) is 0 Å². The van der Waals surface area contributed by atoms with Gasteiger partial charge in [-0.25, -0.2) is 0 Å². The third-order valence-electron chi connectivity index (χ3n) is 6.18. The van der Waals surface area contributed by atoms with Crippen molar-refractivity contribution in [2.45, 2.75) is 111 Å². The fourth-order valence-electron chi connectivity index (χ4n) is 3.86. The normalized spacial score (nSPS) is 17.9. The van der Waals surface area contributed by atoms with Crippen molar-refractivity contribution in [3.05, 3.63) is 58.7 Å². The second-order valence-corrected chi connectivity index (χ2v) is 10.4. The number of allylic oxidation sites excluding steroid dienone is 3. The highest BCUT2D eigenvalue weighted by atomic mass is 14.4. The first-order chi connectivity index (χ1) is 12.3. The molecule has 152 valence electrons. The van der Waals surface area contributed by atoms with Crippen LogP contribution in [0.5, 0.6) is 0 Å². The Hall–Kier alpha value is -1.30. The lowest BCUT2D eigenvalue weighted by Gasteiger charge is -2.43. The van der Waals surface area contributed by atoms with E-state index in [0.717, 1.165) is 5.57 Å². The van der Waals surface area contributed by atoms with Gasteiger partial charge in [-0.15, -0.1) is 0 Å². The molecular formula is C27H44. The third-order valence-corrected chi connectivity index (χ3v) is 6.18. The van der Waals surface area contributed by atoms with Crippen LogP contribution in [-0.4, -0.2) is 0 Å². The zero-order valence-electron chi connectivity index (χ0n) is 19.8. The van der Waals surface area contributed by atoms with Gasteiger partial charge in [-0.1, -0.05) is 105 Å². The molecule has 27 heavy (non-hydrogen) atoms. The van der Waals surface area contributed by atoms with Crippen LogP contribution in [0.3, 0.4) is 0 Å². The number of hydrogen-bond acceptors (Lipinski definition) is 0. The van der Waals surface area contributed by atoms with Gasteiger partial charge in [-0.2, -0.15) is 0 Å². The predicted octanol–water partition coefficient (Wildman–Crippen LogP) is 8.56. The molecule has 1 aromatic rings. The van der Waals surface area contributed by atoms with E-state index in [2.05, 4.69) is 100 Å². The summed E-state index contributed by atoms with van der Waals surface area (Å²) in [6, 6.07) is 4.95. The van der Waals surface area contributed by atoms with Crippen LogP contribution in [0.2, 0.25) is 0 Å². The summed E-state index contributed by atoms with van der Waals surface area (Å²) in [5, 5.41) is 0. The first-order valence-corrected chi connectivity index (χ1v) is 10.8. The Morgan fingerprint density at radius 3 is 1.85 bits per heavy atom. The van der Waals surface area contributed by atoms with E-state index < -0.39 is 0 Å². The van der Waals surface area contributed by atoms with E-state index in [1.54, 1.807) is 11.1 Å². The van der Waals surface area contributed by atoms with Gasteiger partial charge in [0.2, 0.25) is 0 Å². The van der Waals surface area contributed by atoms with Gasteiger partial charge in [0.15, 0.2) is 0 Å². The minimum atomic E-state index is 0.0235. The van der Waals surface area contributed by atoms with Crippen molar-refractivity contribution in [3.63, 3.8) is 0 Å². The molecule has 0 heteroatoms. The number of unbranched alkanes of at least 4 members (excludes halogenated alkanes) is 1. The summed E-state index contributed by atoms with van der Waals surface area (Å²) >= 11 is 0. The Morgan fingerprint density at radius 2 is 1.44 bits per heavy atom. The third kappa shape index (κ3) is 5.84. The highest BCUT2D eigenvalue weighted by molar-refractivity contribution is 5.50. The highest BCUT2D eigenvalue weighted by Gasteiger charge is 2.38. The van der Waals surface area contributed by atoms with Gasteiger partial charge >= 0.3 is 0 Å². The van der Waals surface area contributed by atoms with Gasteiger partial charge in [-0.05, 0) is 59.8 Å². The second-order valence-electron chi connectivity index (χ2n) is 10.4. The Labute approximate surface area is 170 Å². The Balaban J connectivity index is 0.000000828. The average Bonchev–Trinajstić information content (AvgIpc) is 2.57. The summed E-state index contributed by atoms with van der Waals surface area (Å²) in [6.07, 6.45) is 9.61. The zero-order valence-corrected chi connectivity index (χ0v) is 19.8. The maximum atomic E-state index is 4.00. The maximum Gasteiger partial charge on any atom is 0.00812 e. The van der Waals surface area contributed by atoms with Gasteiger partial charge in [0, 0.05) is 5.41 Å².